The van der Waals surface area contributed by atoms with Crippen LogP contribution in [-0.4, -0.2) is 52.8 Å². The molecule has 2 aromatic heterocycles. The molecule has 5 N–H and O–H groups in total. The molecule has 326 valence electrons. The zero-order valence-corrected chi connectivity index (χ0v) is 32.7. The number of aromatic hydroxyl groups is 1. The number of hydrogen-bond acceptors (Lipinski definition) is 10. The highest BCUT2D eigenvalue weighted by molar-refractivity contribution is 6.03. The molecule has 6 rings (SSSR count). The number of phenolic OH excluding ortho intramolecular Hbond substituents is 1. The molecule has 0 aliphatic heterocycles. The number of nitrogens with one attached hydrogen (secondary N) is 4. The summed E-state index contributed by atoms with van der Waals surface area (Å²) in [4.78, 5) is 63.8. The number of nitro benzene ring substituents is 1. The second-order valence-electron chi connectivity index (χ2n) is 13.5. The Labute approximate surface area is 349 Å². The highest BCUT2D eigenvalue weighted by Crippen LogP contribution is 2.31. The lowest BCUT2D eigenvalue weighted by Gasteiger charge is -2.10. The average Bonchev–Trinajstić information content (AvgIpc) is 3.74. The number of alkyl halides is 6. The molecule has 0 aliphatic rings. The molecule has 0 aliphatic carbocycles. The van der Waals surface area contributed by atoms with Crippen molar-refractivity contribution in [2.45, 2.75) is 39.7 Å². The highest BCUT2D eigenvalue weighted by atomic mass is 19.4. The quantitative estimate of drug-likeness (QED) is 0.0394. The van der Waals surface area contributed by atoms with Gasteiger partial charge in [-0.1, -0.05) is 12.1 Å². The van der Waals surface area contributed by atoms with Crippen LogP contribution < -0.4 is 26.7 Å². The van der Waals surface area contributed by atoms with Crippen LogP contribution in [0.15, 0.2) is 111 Å². The molecule has 4 aromatic carbocycles. The van der Waals surface area contributed by atoms with Gasteiger partial charge in [-0.25, -0.2) is 20.2 Å². The van der Waals surface area contributed by atoms with E-state index in [9.17, 15) is 60.7 Å². The molecule has 2 amide bonds. The molecule has 0 unspecified atom stereocenters. The number of ether oxygens (including phenoxy) is 1. The van der Waals surface area contributed by atoms with Gasteiger partial charge in [0.15, 0.2) is 11.5 Å². The number of aromatic nitrogens is 4. The lowest BCUT2D eigenvalue weighted by Crippen LogP contribution is -2.24. The summed E-state index contributed by atoms with van der Waals surface area (Å²) in [6.07, 6.45) is -9.26. The van der Waals surface area contributed by atoms with Crippen LogP contribution in [0.3, 0.4) is 0 Å². The first-order chi connectivity index (χ1) is 29.6. The Bertz CT molecular complexity index is 2930. The van der Waals surface area contributed by atoms with Crippen molar-refractivity contribution in [2.75, 3.05) is 0 Å². The minimum atomic E-state index is -4.68. The molecule has 6 aromatic rings. The molecule has 0 atom stereocenters. The third-order valence-electron chi connectivity index (χ3n) is 9.26. The lowest BCUT2D eigenvalue weighted by atomic mass is 10.1. The first kappa shape index (κ1) is 44.3. The predicted molar refractivity (Wildman–Crippen MR) is 212 cm³/mol. The number of H-pyrrole nitrogens is 2. The van der Waals surface area contributed by atoms with Crippen molar-refractivity contribution in [3.63, 3.8) is 0 Å². The first-order valence-corrected chi connectivity index (χ1v) is 18.1. The smallest absolute Gasteiger partial charge is 0.416 e. The Morgan fingerprint density at radius 3 is 1.83 bits per heavy atom. The number of nitrogens with zero attached hydrogens (tertiary/aromatic N) is 5. The minimum absolute atomic E-state index is 0.0118. The number of rotatable bonds is 12. The fraction of sp³-hybridized carbons (Fsp3) is 0.150. The van der Waals surface area contributed by atoms with Gasteiger partial charge in [0.05, 0.1) is 55.7 Å². The van der Waals surface area contributed by atoms with Gasteiger partial charge in [-0.2, -0.15) is 36.5 Å². The summed E-state index contributed by atoms with van der Waals surface area (Å²) in [5.41, 5.74) is -0.191. The Balaban J connectivity index is 1.25. The normalized spacial score (nSPS) is 12.3. The number of benzene rings is 4. The monoisotopic (exact) mass is 879 g/mol. The number of para-hydroxylation sites is 1. The fourth-order valence-electron chi connectivity index (χ4n) is 6.15. The van der Waals surface area contributed by atoms with E-state index in [0.29, 0.717) is 0 Å². The highest BCUT2D eigenvalue weighted by Gasteiger charge is 2.31. The summed E-state index contributed by atoms with van der Waals surface area (Å²) < 4.78 is 86.6. The number of halogens is 6. The number of carbonyl (C=O) groups is 2. The standard InChI is InChI=1S/C40H31F6N9O8/c1-20(33-22(3)51-53(37(33)59)26-13-9-24(10-14-26)39(41,42)43)47-49-35(57)23-8-17-31(56)32(18-23)63-19-29-34(21(2)48-50-36(58)28-6-4-5-7-30(28)55(61)62)38(60)54(52-29)27-15-11-25(12-16-27)40(44,45)46/h4-18,51-52,56H,19H2,1-3H3,(H,49,57)(H,50,58). The van der Waals surface area contributed by atoms with Crippen LogP contribution in [0.2, 0.25) is 0 Å². The maximum atomic E-state index is 13.8. The molecule has 0 bridgehead atoms. The molecular weight excluding hydrogens is 848 g/mol. The molecular formula is C40H31F6N9O8. The molecule has 2 heterocycles. The topological polar surface area (TPSA) is 231 Å². The van der Waals surface area contributed by atoms with E-state index in [1.807, 2.05) is 0 Å². The van der Waals surface area contributed by atoms with E-state index in [1.54, 1.807) is 0 Å². The molecule has 0 spiro atoms. The number of nitro groups is 1. The third-order valence-corrected chi connectivity index (χ3v) is 9.26. The number of amides is 2. The van der Waals surface area contributed by atoms with Gasteiger partial charge in [0.2, 0.25) is 0 Å². The largest absolute Gasteiger partial charge is 0.504 e. The molecule has 23 heteroatoms. The summed E-state index contributed by atoms with van der Waals surface area (Å²) in [5.74, 6) is -2.64. The summed E-state index contributed by atoms with van der Waals surface area (Å²) in [6, 6.07) is 15.8. The van der Waals surface area contributed by atoms with Crippen LogP contribution in [0, 0.1) is 17.0 Å². The zero-order chi connectivity index (χ0) is 46.0. The van der Waals surface area contributed by atoms with Gasteiger partial charge in [0, 0.05) is 17.3 Å². The van der Waals surface area contributed by atoms with E-state index in [4.69, 9.17) is 4.74 Å². The van der Waals surface area contributed by atoms with Crippen molar-refractivity contribution in [2.24, 2.45) is 10.2 Å². The van der Waals surface area contributed by atoms with Gasteiger partial charge in [-0.15, -0.1) is 0 Å². The van der Waals surface area contributed by atoms with Crippen molar-refractivity contribution < 1.29 is 50.7 Å². The van der Waals surface area contributed by atoms with Crippen LogP contribution in [0.1, 0.15) is 68.2 Å². The number of aryl methyl sites for hydroxylation is 1. The first-order valence-electron chi connectivity index (χ1n) is 18.1. The molecule has 0 saturated carbocycles. The number of hydrogen-bond donors (Lipinski definition) is 5. The molecule has 17 nitrogen and oxygen atoms in total. The van der Waals surface area contributed by atoms with Crippen LogP contribution >= 0.6 is 0 Å². The van der Waals surface area contributed by atoms with Gasteiger partial charge in [-0.05, 0) is 93.6 Å². The molecule has 0 radical (unpaired) electrons. The maximum absolute atomic E-state index is 13.8. The number of aromatic amines is 2. The van der Waals surface area contributed by atoms with Crippen LogP contribution in [0.25, 0.3) is 11.4 Å². The Morgan fingerprint density at radius 1 is 0.762 bits per heavy atom. The number of phenols is 1. The molecule has 0 saturated heterocycles. The van der Waals surface area contributed by atoms with Gasteiger partial charge >= 0.3 is 12.4 Å². The zero-order valence-electron chi connectivity index (χ0n) is 32.7. The minimum Gasteiger partial charge on any atom is -0.504 e. The fourth-order valence-corrected chi connectivity index (χ4v) is 6.15. The van der Waals surface area contributed by atoms with E-state index in [1.165, 1.54) is 45.0 Å². The van der Waals surface area contributed by atoms with E-state index in [-0.39, 0.29) is 62.2 Å². The Morgan fingerprint density at radius 2 is 1.27 bits per heavy atom. The van der Waals surface area contributed by atoms with Crippen molar-refractivity contribution in [3.05, 3.63) is 167 Å². The average molecular weight is 880 g/mol. The van der Waals surface area contributed by atoms with Crippen molar-refractivity contribution >= 4 is 28.9 Å². The predicted octanol–water partition coefficient (Wildman–Crippen LogP) is 6.49. The second-order valence-corrected chi connectivity index (χ2v) is 13.5. The number of hydrazone groups is 2. The summed E-state index contributed by atoms with van der Waals surface area (Å²) in [7, 11) is 0. The van der Waals surface area contributed by atoms with E-state index in [2.05, 4.69) is 31.3 Å². The molecule has 63 heavy (non-hydrogen) atoms. The van der Waals surface area contributed by atoms with Crippen molar-refractivity contribution in [3.8, 4) is 22.9 Å². The van der Waals surface area contributed by atoms with E-state index in [0.717, 1.165) is 76.1 Å². The second kappa shape index (κ2) is 17.4. The van der Waals surface area contributed by atoms with Crippen molar-refractivity contribution in [1.29, 1.82) is 0 Å². The Kier molecular flexibility index (Phi) is 12.2. The van der Waals surface area contributed by atoms with Crippen LogP contribution in [0.4, 0.5) is 32.0 Å². The SMILES string of the molecule is CC(=NNC(=O)c1ccc(O)c(OCc2[nH]n(-c3ccc(C(F)(F)F)cc3)c(=O)c2C(C)=NNC(=O)c2ccccc2[N+](=O)[O-])c1)c1c(C)[nH]n(-c2ccc(C(F)(F)F)cc2)c1=O. The van der Waals surface area contributed by atoms with Gasteiger partial charge in [0.1, 0.15) is 12.2 Å². The van der Waals surface area contributed by atoms with E-state index < -0.39 is 69.4 Å². The Hall–Kier alpha value is -8.24. The van der Waals surface area contributed by atoms with E-state index >= 15 is 0 Å². The van der Waals surface area contributed by atoms with Crippen LogP contribution in [-0.2, 0) is 19.0 Å². The maximum Gasteiger partial charge on any atom is 0.416 e. The van der Waals surface area contributed by atoms with Crippen LogP contribution in [0.5, 0.6) is 11.5 Å². The summed E-state index contributed by atoms with van der Waals surface area (Å²) in [6.45, 7) is 3.61. The lowest BCUT2D eigenvalue weighted by molar-refractivity contribution is -0.385. The van der Waals surface area contributed by atoms with Crippen molar-refractivity contribution in [1.82, 2.24) is 30.4 Å². The van der Waals surface area contributed by atoms with Gasteiger partial charge in [0.25, 0.3) is 28.6 Å². The third kappa shape index (κ3) is 9.56. The summed E-state index contributed by atoms with van der Waals surface area (Å²) >= 11 is 0. The van der Waals surface area contributed by atoms with Gasteiger partial charge < -0.3 is 9.84 Å². The summed E-state index contributed by atoms with van der Waals surface area (Å²) in [5, 5.41) is 35.5. The van der Waals surface area contributed by atoms with Gasteiger partial charge in [-0.3, -0.25) is 39.5 Å². The number of carbonyl (C=O) groups excluding carboxylic acids is 2. The molecule has 0 fully saturated rings.